The number of aromatic nitrogens is 1. The molecule has 0 saturated heterocycles. The van der Waals surface area contributed by atoms with Crippen LogP contribution in [0, 0.1) is 6.92 Å². The highest BCUT2D eigenvalue weighted by Gasteiger charge is 2.05. The number of carbonyl (C=O) groups is 1. The Labute approximate surface area is 82.3 Å². The van der Waals surface area contributed by atoms with Gasteiger partial charge in [-0.1, -0.05) is 6.08 Å². The first-order valence-corrected chi connectivity index (χ1v) is 5.14. The van der Waals surface area contributed by atoms with Crippen molar-refractivity contribution in [3.8, 4) is 0 Å². The molecule has 0 spiro atoms. The molecule has 0 radical (unpaired) electrons. The average molecular weight is 195 g/mol. The number of thiazole rings is 1. The Bertz CT molecular complexity index is 304. The lowest BCUT2D eigenvalue weighted by Crippen LogP contribution is -2.01. The van der Waals surface area contributed by atoms with E-state index < -0.39 is 0 Å². The second-order valence-corrected chi connectivity index (χ2v) is 3.87. The molecule has 1 heterocycles. The third-order valence-electron chi connectivity index (χ3n) is 1.64. The zero-order chi connectivity index (χ0) is 9.68. The molecule has 0 aliphatic carbocycles. The van der Waals surface area contributed by atoms with E-state index in [0.29, 0.717) is 12.8 Å². The minimum Gasteiger partial charge on any atom is -0.299 e. The SMILES string of the molecule is C=CCCC(=O)Cc1nc(C)cs1. The van der Waals surface area contributed by atoms with Crippen LogP contribution in [0.1, 0.15) is 23.5 Å². The molecular formula is C10H13NOS. The Hall–Kier alpha value is -0.960. The largest absolute Gasteiger partial charge is 0.299 e. The van der Waals surface area contributed by atoms with Crippen molar-refractivity contribution in [2.75, 3.05) is 0 Å². The first-order chi connectivity index (χ1) is 6.22. The predicted molar refractivity (Wildman–Crippen MR) is 55.0 cm³/mol. The van der Waals surface area contributed by atoms with Gasteiger partial charge in [0.25, 0.3) is 0 Å². The molecule has 0 aromatic carbocycles. The fourth-order valence-corrected chi connectivity index (χ4v) is 1.80. The molecule has 70 valence electrons. The van der Waals surface area contributed by atoms with Crippen LogP contribution >= 0.6 is 11.3 Å². The van der Waals surface area contributed by atoms with E-state index in [1.54, 1.807) is 17.4 Å². The second kappa shape index (κ2) is 4.92. The van der Waals surface area contributed by atoms with Crippen LogP contribution in [-0.4, -0.2) is 10.8 Å². The third-order valence-corrected chi connectivity index (χ3v) is 2.61. The number of aryl methyl sites for hydroxylation is 1. The molecular weight excluding hydrogens is 182 g/mol. The number of nitrogens with zero attached hydrogens (tertiary/aromatic N) is 1. The van der Waals surface area contributed by atoms with Crippen LogP contribution in [0.25, 0.3) is 0 Å². The summed E-state index contributed by atoms with van der Waals surface area (Å²) in [5.74, 6) is 0.245. The fourth-order valence-electron chi connectivity index (χ4n) is 1.00. The second-order valence-electron chi connectivity index (χ2n) is 2.93. The molecule has 0 atom stereocenters. The summed E-state index contributed by atoms with van der Waals surface area (Å²) in [7, 11) is 0. The third kappa shape index (κ3) is 3.51. The standard InChI is InChI=1S/C10H13NOS/c1-3-4-5-9(12)6-10-11-8(2)7-13-10/h3,7H,1,4-6H2,2H3. The Kier molecular flexibility index (Phi) is 3.83. The number of allylic oxidation sites excluding steroid dienone is 1. The van der Waals surface area contributed by atoms with Crippen LogP contribution in [-0.2, 0) is 11.2 Å². The molecule has 0 fully saturated rings. The maximum absolute atomic E-state index is 11.3. The first kappa shape index (κ1) is 10.1. The van der Waals surface area contributed by atoms with Crippen LogP contribution in [0.3, 0.4) is 0 Å². The van der Waals surface area contributed by atoms with Crippen LogP contribution < -0.4 is 0 Å². The molecule has 2 nitrogen and oxygen atoms in total. The molecule has 1 aromatic heterocycles. The van der Waals surface area contributed by atoms with E-state index in [-0.39, 0.29) is 5.78 Å². The number of carbonyl (C=O) groups excluding carboxylic acids is 1. The van der Waals surface area contributed by atoms with Crippen LogP contribution in [0.15, 0.2) is 18.0 Å². The molecule has 0 saturated carbocycles. The highest BCUT2D eigenvalue weighted by molar-refractivity contribution is 7.09. The number of ketones is 1. The lowest BCUT2D eigenvalue weighted by atomic mass is 10.2. The zero-order valence-corrected chi connectivity index (χ0v) is 8.56. The topological polar surface area (TPSA) is 30.0 Å². The van der Waals surface area contributed by atoms with E-state index in [0.717, 1.165) is 17.1 Å². The fraction of sp³-hybridized carbons (Fsp3) is 0.400. The molecule has 0 amide bonds. The van der Waals surface area contributed by atoms with Gasteiger partial charge in [0.05, 0.1) is 6.42 Å². The van der Waals surface area contributed by atoms with Gasteiger partial charge < -0.3 is 0 Å². The number of hydrogen-bond acceptors (Lipinski definition) is 3. The molecule has 0 aliphatic rings. The van der Waals surface area contributed by atoms with Crippen LogP contribution in [0.4, 0.5) is 0 Å². The molecule has 0 aliphatic heterocycles. The van der Waals surface area contributed by atoms with E-state index in [1.807, 2.05) is 12.3 Å². The molecule has 0 N–H and O–H groups in total. The molecule has 13 heavy (non-hydrogen) atoms. The van der Waals surface area contributed by atoms with Gasteiger partial charge in [-0.2, -0.15) is 0 Å². The van der Waals surface area contributed by atoms with Crippen molar-refractivity contribution in [2.45, 2.75) is 26.2 Å². The van der Waals surface area contributed by atoms with E-state index in [9.17, 15) is 4.79 Å². The van der Waals surface area contributed by atoms with Crippen molar-refractivity contribution >= 4 is 17.1 Å². The van der Waals surface area contributed by atoms with Gasteiger partial charge in [-0.15, -0.1) is 17.9 Å². The molecule has 1 aromatic rings. The van der Waals surface area contributed by atoms with Crippen molar-refractivity contribution in [3.05, 3.63) is 28.7 Å². The quantitative estimate of drug-likeness (QED) is 0.676. The van der Waals surface area contributed by atoms with Gasteiger partial charge in [-0.25, -0.2) is 4.98 Å². The molecule has 0 unspecified atom stereocenters. The van der Waals surface area contributed by atoms with Gasteiger partial charge in [0.2, 0.25) is 0 Å². The lowest BCUT2D eigenvalue weighted by molar-refractivity contribution is -0.118. The summed E-state index contributed by atoms with van der Waals surface area (Å²) in [5, 5.41) is 2.89. The van der Waals surface area contributed by atoms with E-state index in [2.05, 4.69) is 11.6 Å². The monoisotopic (exact) mass is 195 g/mol. The van der Waals surface area contributed by atoms with Gasteiger partial charge in [-0.3, -0.25) is 4.79 Å². The maximum atomic E-state index is 11.3. The number of rotatable bonds is 5. The molecule has 1 rings (SSSR count). The van der Waals surface area contributed by atoms with Crippen molar-refractivity contribution in [1.29, 1.82) is 0 Å². The molecule has 3 heteroatoms. The zero-order valence-electron chi connectivity index (χ0n) is 7.75. The summed E-state index contributed by atoms with van der Waals surface area (Å²) in [6.07, 6.45) is 3.60. The summed E-state index contributed by atoms with van der Waals surface area (Å²) in [6.45, 7) is 5.52. The highest BCUT2D eigenvalue weighted by Crippen LogP contribution is 2.10. The summed E-state index contributed by atoms with van der Waals surface area (Å²) in [4.78, 5) is 15.5. The summed E-state index contributed by atoms with van der Waals surface area (Å²) < 4.78 is 0. The summed E-state index contributed by atoms with van der Waals surface area (Å²) >= 11 is 1.55. The van der Waals surface area contributed by atoms with Crippen molar-refractivity contribution < 1.29 is 4.79 Å². The number of hydrogen-bond donors (Lipinski definition) is 0. The molecule has 0 bridgehead atoms. The van der Waals surface area contributed by atoms with Crippen LogP contribution in [0.5, 0.6) is 0 Å². The van der Waals surface area contributed by atoms with Gasteiger partial charge in [0.1, 0.15) is 10.8 Å². The summed E-state index contributed by atoms with van der Waals surface area (Å²) in [6, 6.07) is 0. The Balaban J connectivity index is 2.40. The maximum Gasteiger partial charge on any atom is 0.140 e. The van der Waals surface area contributed by atoms with Gasteiger partial charge in [0.15, 0.2) is 0 Å². The first-order valence-electron chi connectivity index (χ1n) is 4.26. The average Bonchev–Trinajstić information content (AvgIpc) is 2.48. The minimum atomic E-state index is 0.245. The van der Waals surface area contributed by atoms with Crippen molar-refractivity contribution in [2.24, 2.45) is 0 Å². The van der Waals surface area contributed by atoms with Crippen LogP contribution in [0.2, 0.25) is 0 Å². The normalized spacial score (nSPS) is 9.92. The Morgan fingerprint density at radius 3 is 3.08 bits per heavy atom. The van der Waals surface area contributed by atoms with Crippen molar-refractivity contribution in [3.63, 3.8) is 0 Å². The van der Waals surface area contributed by atoms with E-state index in [1.165, 1.54) is 0 Å². The Morgan fingerprint density at radius 2 is 2.54 bits per heavy atom. The van der Waals surface area contributed by atoms with Crippen molar-refractivity contribution in [1.82, 2.24) is 4.98 Å². The predicted octanol–water partition coefficient (Wildman–Crippen LogP) is 2.53. The highest BCUT2D eigenvalue weighted by atomic mass is 32.1. The van der Waals surface area contributed by atoms with Gasteiger partial charge in [-0.05, 0) is 13.3 Å². The van der Waals surface area contributed by atoms with E-state index in [4.69, 9.17) is 0 Å². The smallest absolute Gasteiger partial charge is 0.140 e. The minimum absolute atomic E-state index is 0.245. The number of Topliss-reactive ketones (excluding diaryl/α,β-unsaturated/α-hetero) is 1. The van der Waals surface area contributed by atoms with Gasteiger partial charge in [0, 0.05) is 17.5 Å². The van der Waals surface area contributed by atoms with E-state index >= 15 is 0 Å². The Morgan fingerprint density at radius 1 is 1.77 bits per heavy atom. The lowest BCUT2D eigenvalue weighted by Gasteiger charge is -1.93. The van der Waals surface area contributed by atoms with Gasteiger partial charge >= 0.3 is 0 Å². The summed E-state index contributed by atoms with van der Waals surface area (Å²) in [5.41, 5.74) is 0.997.